The quantitative estimate of drug-likeness (QED) is 0.713. The lowest BCUT2D eigenvalue weighted by atomic mass is 10.4. The van der Waals surface area contributed by atoms with Gasteiger partial charge in [-0.3, -0.25) is 0 Å². The third-order valence-electron chi connectivity index (χ3n) is 1.54. The molecule has 0 saturated carbocycles. The van der Waals surface area contributed by atoms with Crippen molar-refractivity contribution < 1.29 is 5.11 Å². The molecule has 0 bridgehead atoms. The highest BCUT2D eigenvalue weighted by Gasteiger charge is 2.23. The monoisotopic (exact) mass is 178 g/mol. The van der Waals surface area contributed by atoms with Crippen molar-refractivity contribution in [3.8, 4) is 0 Å². The number of hydrogen-bond donors (Lipinski definition) is 1. The molecule has 2 atom stereocenters. The van der Waals surface area contributed by atoms with E-state index in [9.17, 15) is 0 Å². The molecule has 60 valence electrons. The summed E-state index contributed by atoms with van der Waals surface area (Å²) < 4.78 is 0.766. The lowest BCUT2D eigenvalue weighted by Crippen LogP contribution is -2.06. The molecule has 0 amide bonds. The maximum absolute atomic E-state index is 8.82. The van der Waals surface area contributed by atoms with Crippen molar-refractivity contribution in [2.24, 2.45) is 0 Å². The lowest BCUT2D eigenvalue weighted by molar-refractivity contribution is 0.301. The van der Waals surface area contributed by atoms with Gasteiger partial charge in [0, 0.05) is 11.0 Å². The van der Waals surface area contributed by atoms with Crippen molar-refractivity contribution in [2.45, 2.75) is 29.6 Å². The van der Waals surface area contributed by atoms with E-state index in [2.05, 4.69) is 6.92 Å². The molecule has 0 radical (unpaired) electrons. The molecule has 1 rings (SSSR count). The van der Waals surface area contributed by atoms with Crippen molar-refractivity contribution >= 4 is 23.5 Å². The van der Waals surface area contributed by atoms with Crippen LogP contribution in [0.15, 0.2) is 0 Å². The van der Waals surface area contributed by atoms with Crippen molar-refractivity contribution in [1.82, 2.24) is 0 Å². The average molecular weight is 178 g/mol. The summed E-state index contributed by atoms with van der Waals surface area (Å²) >= 11 is 3.95. The van der Waals surface area contributed by atoms with Gasteiger partial charge in [-0.1, -0.05) is 13.3 Å². The molecule has 0 unspecified atom stereocenters. The Balaban J connectivity index is 2.15. The molecule has 1 nitrogen and oxygen atoms in total. The van der Waals surface area contributed by atoms with Gasteiger partial charge in [-0.25, -0.2) is 0 Å². The van der Waals surface area contributed by atoms with E-state index in [4.69, 9.17) is 5.11 Å². The first-order valence-corrected chi connectivity index (χ1v) is 5.74. The second kappa shape index (κ2) is 4.52. The topological polar surface area (TPSA) is 20.2 Å². The summed E-state index contributed by atoms with van der Waals surface area (Å²) in [5, 5.41) is 9.33. The van der Waals surface area contributed by atoms with Crippen LogP contribution in [-0.2, 0) is 0 Å². The van der Waals surface area contributed by atoms with E-state index in [1.807, 2.05) is 23.5 Å². The molecule has 0 aromatic carbocycles. The standard InChI is InChI=1S/C7H14OS2/c1-2-3-7-9-5-6(4-8)10-7/h6-8H,2-5H2,1H3/t6-,7-/m1/s1. The van der Waals surface area contributed by atoms with Gasteiger partial charge in [-0.05, 0) is 6.42 Å². The first kappa shape index (κ1) is 8.75. The molecule has 3 heteroatoms. The van der Waals surface area contributed by atoms with Crippen LogP contribution in [0.4, 0.5) is 0 Å². The molecule has 0 spiro atoms. The van der Waals surface area contributed by atoms with E-state index in [1.165, 1.54) is 12.8 Å². The van der Waals surface area contributed by atoms with E-state index < -0.39 is 0 Å². The van der Waals surface area contributed by atoms with Gasteiger partial charge in [0.1, 0.15) is 0 Å². The van der Waals surface area contributed by atoms with Crippen LogP contribution >= 0.6 is 23.5 Å². The molecule has 10 heavy (non-hydrogen) atoms. The largest absolute Gasteiger partial charge is 0.395 e. The maximum Gasteiger partial charge on any atom is 0.0558 e. The fourth-order valence-electron chi connectivity index (χ4n) is 0.991. The highest BCUT2D eigenvalue weighted by Crippen LogP contribution is 2.39. The van der Waals surface area contributed by atoms with E-state index in [0.29, 0.717) is 11.9 Å². The number of aliphatic hydroxyl groups is 1. The van der Waals surface area contributed by atoms with Crippen LogP contribution in [0.25, 0.3) is 0 Å². The van der Waals surface area contributed by atoms with Gasteiger partial charge in [0.25, 0.3) is 0 Å². The van der Waals surface area contributed by atoms with Crippen LogP contribution in [0.1, 0.15) is 19.8 Å². The zero-order valence-corrected chi connectivity index (χ0v) is 7.88. The van der Waals surface area contributed by atoms with E-state index >= 15 is 0 Å². The summed E-state index contributed by atoms with van der Waals surface area (Å²) in [4.78, 5) is 0. The first-order valence-electron chi connectivity index (χ1n) is 3.74. The van der Waals surface area contributed by atoms with Crippen LogP contribution in [0.5, 0.6) is 0 Å². The van der Waals surface area contributed by atoms with Crippen molar-refractivity contribution in [3.05, 3.63) is 0 Å². The first-order chi connectivity index (χ1) is 4.86. The second-order valence-corrected chi connectivity index (χ2v) is 5.53. The van der Waals surface area contributed by atoms with Crippen molar-refractivity contribution in [1.29, 1.82) is 0 Å². The predicted molar refractivity (Wildman–Crippen MR) is 49.6 cm³/mol. The van der Waals surface area contributed by atoms with E-state index in [0.717, 1.165) is 10.3 Å². The number of thioether (sulfide) groups is 2. The highest BCUT2D eigenvalue weighted by molar-refractivity contribution is 8.20. The van der Waals surface area contributed by atoms with Gasteiger partial charge in [0.15, 0.2) is 0 Å². The minimum Gasteiger partial charge on any atom is -0.395 e. The zero-order chi connectivity index (χ0) is 7.40. The van der Waals surface area contributed by atoms with Gasteiger partial charge in [-0.15, -0.1) is 23.5 Å². The second-order valence-electron chi connectivity index (χ2n) is 2.49. The van der Waals surface area contributed by atoms with Gasteiger partial charge >= 0.3 is 0 Å². The Bertz CT molecular complexity index is 97.6. The Morgan fingerprint density at radius 3 is 2.90 bits per heavy atom. The Morgan fingerprint density at radius 1 is 1.60 bits per heavy atom. The smallest absolute Gasteiger partial charge is 0.0558 e. The lowest BCUT2D eigenvalue weighted by Gasteiger charge is -2.05. The molecule has 1 N–H and O–H groups in total. The van der Waals surface area contributed by atoms with Crippen LogP contribution in [0, 0.1) is 0 Å². The average Bonchev–Trinajstić information content (AvgIpc) is 2.37. The molecule has 0 aromatic rings. The summed E-state index contributed by atoms with van der Waals surface area (Å²) in [7, 11) is 0. The van der Waals surface area contributed by atoms with E-state index in [1.54, 1.807) is 0 Å². The Hall–Kier alpha value is 0.660. The molecule has 1 aliphatic rings. The molecule has 1 heterocycles. The van der Waals surface area contributed by atoms with Gasteiger partial charge in [0.05, 0.1) is 11.2 Å². The number of aliphatic hydroxyl groups excluding tert-OH is 1. The molecule has 1 aliphatic heterocycles. The third-order valence-corrected chi connectivity index (χ3v) is 4.94. The predicted octanol–water partition coefficient (Wildman–Crippen LogP) is 1.95. The Morgan fingerprint density at radius 2 is 2.40 bits per heavy atom. The minimum absolute atomic E-state index is 0.359. The molecular weight excluding hydrogens is 164 g/mol. The summed E-state index contributed by atoms with van der Waals surface area (Å²) in [6, 6.07) is 0. The molecule has 1 saturated heterocycles. The zero-order valence-electron chi connectivity index (χ0n) is 6.25. The molecule has 0 aromatic heterocycles. The summed E-state index contributed by atoms with van der Waals surface area (Å²) in [6.45, 7) is 2.57. The fraction of sp³-hybridized carbons (Fsp3) is 1.00. The summed E-state index contributed by atoms with van der Waals surface area (Å²) in [5.74, 6) is 1.14. The molecular formula is C7H14OS2. The van der Waals surface area contributed by atoms with Crippen LogP contribution in [0.2, 0.25) is 0 Å². The number of hydrogen-bond acceptors (Lipinski definition) is 3. The fourth-order valence-corrected chi connectivity index (χ4v) is 4.39. The Kier molecular flexibility index (Phi) is 3.96. The SMILES string of the molecule is CCC[C@@H]1SC[C@@H](CO)S1. The minimum atomic E-state index is 0.359. The normalized spacial score (nSPS) is 33.0. The molecule has 1 fully saturated rings. The summed E-state index contributed by atoms with van der Waals surface area (Å²) in [6.07, 6.45) is 2.56. The third kappa shape index (κ3) is 2.36. The van der Waals surface area contributed by atoms with Crippen molar-refractivity contribution in [3.63, 3.8) is 0 Å². The van der Waals surface area contributed by atoms with Gasteiger partial charge < -0.3 is 5.11 Å². The van der Waals surface area contributed by atoms with Crippen LogP contribution < -0.4 is 0 Å². The summed E-state index contributed by atoms with van der Waals surface area (Å²) in [5.41, 5.74) is 0. The van der Waals surface area contributed by atoms with Crippen molar-refractivity contribution in [2.75, 3.05) is 12.4 Å². The number of rotatable bonds is 3. The van der Waals surface area contributed by atoms with Gasteiger partial charge in [0.2, 0.25) is 0 Å². The maximum atomic E-state index is 8.82. The van der Waals surface area contributed by atoms with E-state index in [-0.39, 0.29) is 0 Å². The van der Waals surface area contributed by atoms with Crippen LogP contribution in [-0.4, -0.2) is 27.3 Å². The molecule has 0 aliphatic carbocycles. The Labute approximate surface area is 71.0 Å². The van der Waals surface area contributed by atoms with Gasteiger partial charge in [-0.2, -0.15) is 0 Å². The van der Waals surface area contributed by atoms with Crippen LogP contribution in [0.3, 0.4) is 0 Å². The highest BCUT2D eigenvalue weighted by atomic mass is 32.2.